The minimum Gasteiger partial charge on any atom is -0.310 e. The lowest BCUT2D eigenvalue weighted by molar-refractivity contribution is 0.476. The van der Waals surface area contributed by atoms with E-state index in [4.69, 9.17) is 5.26 Å². The first-order valence-corrected chi connectivity index (χ1v) is 8.06. The molecule has 0 radical (unpaired) electrons. The molecule has 1 aliphatic rings. The molecule has 3 aromatic rings. The van der Waals surface area contributed by atoms with Crippen molar-refractivity contribution in [2.75, 3.05) is 13.1 Å². The first-order chi connectivity index (χ1) is 11.8. The molecular formula is C19H17N5. The number of nitrogens with one attached hydrogen (secondary N) is 1. The van der Waals surface area contributed by atoms with Gasteiger partial charge in [0, 0.05) is 24.6 Å². The van der Waals surface area contributed by atoms with Crippen molar-refractivity contribution in [3.8, 4) is 28.7 Å². The monoisotopic (exact) mass is 315 g/mol. The molecular weight excluding hydrogens is 298 g/mol. The second-order valence-corrected chi connectivity index (χ2v) is 6.02. The first kappa shape index (κ1) is 14.5. The molecule has 5 nitrogen and oxygen atoms in total. The fourth-order valence-electron chi connectivity index (χ4n) is 3.13. The van der Waals surface area contributed by atoms with Crippen LogP contribution in [0.3, 0.4) is 0 Å². The summed E-state index contributed by atoms with van der Waals surface area (Å²) in [7, 11) is 0. The van der Waals surface area contributed by atoms with Crippen molar-refractivity contribution in [3.63, 3.8) is 0 Å². The van der Waals surface area contributed by atoms with Crippen LogP contribution in [-0.2, 0) is 0 Å². The molecule has 1 aliphatic heterocycles. The molecule has 2 aromatic carbocycles. The van der Waals surface area contributed by atoms with E-state index in [0.717, 1.165) is 36.5 Å². The number of nitrogens with zero attached hydrogens (tertiary/aromatic N) is 4. The second-order valence-electron chi connectivity index (χ2n) is 6.02. The smallest absolute Gasteiger partial charge is 0.181 e. The lowest BCUT2D eigenvalue weighted by Gasteiger charge is -2.05. The maximum Gasteiger partial charge on any atom is 0.181 e. The minimum atomic E-state index is 0.253. The molecule has 1 aromatic heterocycles. The van der Waals surface area contributed by atoms with Gasteiger partial charge in [0.1, 0.15) is 5.82 Å². The highest BCUT2D eigenvalue weighted by Gasteiger charge is 2.26. The van der Waals surface area contributed by atoms with Crippen LogP contribution in [0.1, 0.15) is 18.2 Å². The van der Waals surface area contributed by atoms with E-state index in [2.05, 4.69) is 45.6 Å². The van der Waals surface area contributed by atoms with Gasteiger partial charge in [0.05, 0.1) is 0 Å². The molecule has 0 spiro atoms. The number of nitriles is 1. The zero-order valence-electron chi connectivity index (χ0n) is 13.2. The van der Waals surface area contributed by atoms with Gasteiger partial charge in [-0.3, -0.25) is 5.10 Å². The van der Waals surface area contributed by atoms with E-state index in [1.807, 2.05) is 30.3 Å². The molecule has 1 fully saturated rings. The molecule has 118 valence electrons. The van der Waals surface area contributed by atoms with Gasteiger partial charge in [0.2, 0.25) is 0 Å². The number of H-pyrrole nitrogens is 1. The Balaban J connectivity index is 1.60. The Kier molecular flexibility index (Phi) is 3.72. The molecule has 1 saturated heterocycles. The van der Waals surface area contributed by atoms with Crippen LogP contribution in [0.2, 0.25) is 0 Å². The average Bonchev–Trinajstić information content (AvgIpc) is 3.32. The van der Waals surface area contributed by atoms with Crippen LogP contribution in [0.25, 0.3) is 22.5 Å². The maximum atomic E-state index is 8.98. The highest BCUT2D eigenvalue weighted by Crippen LogP contribution is 2.27. The summed E-state index contributed by atoms with van der Waals surface area (Å²) in [6.45, 7) is 1.51. The molecule has 1 unspecified atom stereocenters. The van der Waals surface area contributed by atoms with E-state index < -0.39 is 0 Å². The predicted octanol–water partition coefficient (Wildman–Crippen LogP) is 3.41. The molecule has 0 amide bonds. The Hall–Kier alpha value is -3.13. The molecule has 4 rings (SSSR count). The number of aromatic nitrogens is 3. The zero-order chi connectivity index (χ0) is 16.4. The van der Waals surface area contributed by atoms with Crippen LogP contribution in [0.15, 0.2) is 54.6 Å². The summed E-state index contributed by atoms with van der Waals surface area (Å²) < 4.78 is 0. The van der Waals surface area contributed by atoms with Crippen LogP contribution in [0, 0.1) is 11.5 Å². The van der Waals surface area contributed by atoms with Crippen molar-refractivity contribution in [2.24, 2.45) is 0 Å². The van der Waals surface area contributed by atoms with Crippen LogP contribution < -0.4 is 0 Å². The third kappa shape index (κ3) is 2.74. The van der Waals surface area contributed by atoms with E-state index in [-0.39, 0.29) is 5.92 Å². The molecule has 1 N–H and O–H groups in total. The number of hydrogen-bond acceptors (Lipinski definition) is 4. The zero-order valence-corrected chi connectivity index (χ0v) is 13.2. The van der Waals surface area contributed by atoms with E-state index in [1.54, 1.807) is 4.90 Å². The summed E-state index contributed by atoms with van der Waals surface area (Å²) in [5, 5.41) is 16.4. The van der Waals surface area contributed by atoms with Gasteiger partial charge in [-0.2, -0.15) is 10.4 Å². The Morgan fingerprint density at radius 1 is 1.04 bits per heavy atom. The van der Waals surface area contributed by atoms with Gasteiger partial charge in [0.25, 0.3) is 0 Å². The highest BCUT2D eigenvalue weighted by atomic mass is 15.2. The molecule has 24 heavy (non-hydrogen) atoms. The topological polar surface area (TPSA) is 68.6 Å². The number of aromatic amines is 1. The quantitative estimate of drug-likeness (QED) is 0.752. The van der Waals surface area contributed by atoms with E-state index in [9.17, 15) is 0 Å². The fourth-order valence-corrected chi connectivity index (χ4v) is 3.13. The van der Waals surface area contributed by atoms with Gasteiger partial charge in [-0.25, -0.2) is 4.98 Å². The van der Waals surface area contributed by atoms with Gasteiger partial charge >= 0.3 is 0 Å². The van der Waals surface area contributed by atoms with Crippen molar-refractivity contribution in [2.45, 2.75) is 12.3 Å². The number of benzene rings is 2. The fraction of sp³-hybridized carbons (Fsp3) is 0.211. The Labute approximate surface area is 140 Å². The van der Waals surface area contributed by atoms with Crippen molar-refractivity contribution < 1.29 is 0 Å². The van der Waals surface area contributed by atoms with Gasteiger partial charge in [0.15, 0.2) is 12.0 Å². The summed E-state index contributed by atoms with van der Waals surface area (Å²) in [5.74, 6) is 1.83. The Morgan fingerprint density at radius 3 is 2.62 bits per heavy atom. The van der Waals surface area contributed by atoms with Gasteiger partial charge in [-0.05, 0) is 23.6 Å². The third-order valence-corrected chi connectivity index (χ3v) is 4.45. The van der Waals surface area contributed by atoms with Gasteiger partial charge < -0.3 is 4.90 Å². The summed E-state index contributed by atoms with van der Waals surface area (Å²) in [6, 6.07) is 18.5. The summed E-state index contributed by atoms with van der Waals surface area (Å²) in [5.41, 5.74) is 3.32. The number of rotatable bonds is 3. The first-order valence-electron chi connectivity index (χ1n) is 8.06. The van der Waals surface area contributed by atoms with Crippen LogP contribution >= 0.6 is 0 Å². The SMILES string of the molecule is N#CN1CCC(c2nc(-c3cccc(-c4ccccc4)c3)n[nH]2)C1. The van der Waals surface area contributed by atoms with E-state index >= 15 is 0 Å². The molecule has 5 heteroatoms. The standard InChI is InChI=1S/C19H17N5/c20-13-24-10-9-17(12-24)19-21-18(22-23-19)16-8-4-7-15(11-16)14-5-2-1-3-6-14/h1-8,11,17H,9-10,12H2,(H,21,22,23). The Bertz CT molecular complexity index is 878. The van der Waals surface area contributed by atoms with Crippen molar-refractivity contribution >= 4 is 0 Å². The van der Waals surface area contributed by atoms with E-state index in [0.29, 0.717) is 5.82 Å². The third-order valence-electron chi connectivity index (χ3n) is 4.45. The van der Waals surface area contributed by atoms with Crippen LogP contribution in [0.4, 0.5) is 0 Å². The lowest BCUT2D eigenvalue weighted by Crippen LogP contribution is -2.13. The largest absolute Gasteiger partial charge is 0.310 e. The molecule has 0 aliphatic carbocycles. The average molecular weight is 315 g/mol. The van der Waals surface area contributed by atoms with Crippen LogP contribution in [-0.4, -0.2) is 33.2 Å². The summed E-state index contributed by atoms with van der Waals surface area (Å²) >= 11 is 0. The number of likely N-dealkylation sites (tertiary alicyclic amines) is 1. The highest BCUT2D eigenvalue weighted by molar-refractivity contribution is 5.70. The van der Waals surface area contributed by atoms with Gasteiger partial charge in [-0.15, -0.1) is 0 Å². The Morgan fingerprint density at radius 2 is 1.83 bits per heavy atom. The van der Waals surface area contributed by atoms with E-state index in [1.165, 1.54) is 5.56 Å². The van der Waals surface area contributed by atoms with Gasteiger partial charge in [-0.1, -0.05) is 48.5 Å². The summed E-state index contributed by atoms with van der Waals surface area (Å²) in [4.78, 5) is 6.43. The second kappa shape index (κ2) is 6.17. The maximum absolute atomic E-state index is 8.98. The van der Waals surface area contributed by atoms with Crippen molar-refractivity contribution in [3.05, 3.63) is 60.4 Å². The molecule has 0 saturated carbocycles. The molecule has 2 heterocycles. The number of hydrogen-bond donors (Lipinski definition) is 1. The van der Waals surface area contributed by atoms with Crippen molar-refractivity contribution in [1.29, 1.82) is 5.26 Å². The minimum absolute atomic E-state index is 0.253. The molecule has 1 atom stereocenters. The van der Waals surface area contributed by atoms with Crippen LogP contribution in [0.5, 0.6) is 0 Å². The predicted molar refractivity (Wildman–Crippen MR) is 91.8 cm³/mol. The molecule has 0 bridgehead atoms. The lowest BCUT2D eigenvalue weighted by atomic mass is 10.0. The van der Waals surface area contributed by atoms with Crippen molar-refractivity contribution in [1.82, 2.24) is 20.1 Å². The normalized spacial score (nSPS) is 17.0. The summed E-state index contributed by atoms with van der Waals surface area (Å²) in [6.07, 6.45) is 3.14.